The van der Waals surface area contributed by atoms with Crippen molar-refractivity contribution < 1.29 is 9.84 Å². The Balaban J connectivity index is 1.55. The molecule has 35 heavy (non-hydrogen) atoms. The summed E-state index contributed by atoms with van der Waals surface area (Å²) in [6.45, 7) is 9.25. The van der Waals surface area contributed by atoms with Crippen molar-refractivity contribution in [1.29, 1.82) is 0 Å². The minimum atomic E-state index is -0.0877. The maximum atomic E-state index is 10.6. The van der Waals surface area contributed by atoms with Gasteiger partial charge >= 0.3 is 0 Å². The van der Waals surface area contributed by atoms with Crippen LogP contribution in [0, 0.1) is 13.8 Å². The van der Waals surface area contributed by atoms with Crippen LogP contribution in [0.15, 0.2) is 48.7 Å². The van der Waals surface area contributed by atoms with Gasteiger partial charge in [-0.3, -0.25) is 9.88 Å². The van der Waals surface area contributed by atoms with Gasteiger partial charge in [0.1, 0.15) is 5.75 Å². The van der Waals surface area contributed by atoms with Crippen molar-refractivity contribution in [2.45, 2.75) is 25.9 Å². The van der Waals surface area contributed by atoms with Crippen LogP contribution in [0.4, 0.5) is 0 Å². The van der Waals surface area contributed by atoms with Crippen molar-refractivity contribution in [3.8, 4) is 11.4 Å². The third-order valence-corrected chi connectivity index (χ3v) is 7.51. The van der Waals surface area contributed by atoms with Crippen LogP contribution in [0.5, 0.6) is 5.75 Å². The second-order valence-corrected chi connectivity index (χ2v) is 9.89. The van der Waals surface area contributed by atoms with E-state index in [-0.39, 0.29) is 17.8 Å². The number of rotatable bonds is 6. The average molecular weight is 512 g/mol. The van der Waals surface area contributed by atoms with Crippen molar-refractivity contribution in [1.82, 2.24) is 24.7 Å². The van der Waals surface area contributed by atoms with Crippen molar-refractivity contribution in [3.05, 3.63) is 76.3 Å². The fraction of sp³-hybridized carbons (Fsp3) is 0.385. The molecule has 2 saturated heterocycles. The third kappa shape index (κ3) is 4.76. The van der Waals surface area contributed by atoms with Gasteiger partial charge in [-0.15, -0.1) is 0 Å². The molecule has 0 unspecified atom stereocenters. The number of benzene rings is 1. The standard InChI is InChI=1S/C26H30ClN5O2S/c1-17-15-20(18(2)32(17)22-16-19(27)6-7-23(22)33)25-24(21-5-3-4-8-28-21)29-26(35)31(25)10-9-30-11-13-34-14-12-30/h3-8,15-16,24-25,33H,9-14H2,1-2H3,(H,29,35)/t24-,25-/m0/s1. The van der Waals surface area contributed by atoms with E-state index < -0.39 is 0 Å². The molecule has 2 atom stereocenters. The molecule has 2 aromatic heterocycles. The number of thiocarbonyl (C=S) groups is 1. The third-order valence-electron chi connectivity index (χ3n) is 6.93. The molecule has 0 aliphatic carbocycles. The molecule has 7 nitrogen and oxygen atoms in total. The highest BCUT2D eigenvalue weighted by atomic mass is 35.5. The number of phenolic OH excluding ortho intramolecular Hbond substituents is 1. The number of pyridine rings is 1. The topological polar surface area (TPSA) is 65.8 Å². The van der Waals surface area contributed by atoms with E-state index in [2.05, 4.69) is 37.7 Å². The molecule has 2 aliphatic heterocycles. The molecule has 2 fully saturated rings. The van der Waals surface area contributed by atoms with E-state index in [1.54, 1.807) is 18.2 Å². The number of aromatic hydroxyl groups is 1. The summed E-state index contributed by atoms with van der Waals surface area (Å²) in [7, 11) is 0. The Hall–Kier alpha value is -2.65. The Bertz CT molecular complexity index is 1210. The predicted molar refractivity (Wildman–Crippen MR) is 141 cm³/mol. The lowest BCUT2D eigenvalue weighted by atomic mass is 9.96. The first-order valence-electron chi connectivity index (χ1n) is 11.9. The summed E-state index contributed by atoms with van der Waals surface area (Å²) in [6, 6.07) is 13.2. The molecule has 184 valence electrons. The molecule has 0 spiro atoms. The number of hydrogen-bond acceptors (Lipinski definition) is 5. The number of aryl methyl sites for hydroxylation is 1. The lowest BCUT2D eigenvalue weighted by Gasteiger charge is -2.32. The maximum absolute atomic E-state index is 10.6. The van der Waals surface area contributed by atoms with Crippen LogP contribution in [0.1, 0.15) is 34.7 Å². The summed E-state index contributed by atoms with van der Waals surface area (Å²) in [4.78, 5) is 9.37. The van der Waals surface area contributed by atoms with Gasteiger partial charge < -0.3 is 24.6 Å². The SMILES string of the molecule is Cc1cc([C@H]2[C@H](c3ccccn3)NC(=S)N2CCN2CCOCC2)c(C)n1-c1cc(Cl)ccc1O. The summed E-state index contributed by atoms with van der Waals surface area (Å²) in [5.74, 6) is 0.188. The number of halogens is 1. The van der Waals surface area contributed by atoms with Crippen LogP contribution in [-0.4, -0.2) is 69.0 Å². The van der Waals surface area contributed by atoms with Gasteiger partial charge in [0.25, 0.3) is 0 Å². The average Bonchev–Trinajstić information content (AvgIpc) is 3.35. The second kappa shape index (κ2) is 10.1. The largest absolute Gasteiger partial charge is 0.506 e. The van der Waals surface area contributed by atoms with Gasteiger partial charge in [0, 0.05) is 48.8 Å². The second-order valence-electron chi connectivity index (χ2n) is 9.07. The summed E-state index contributed by atoms with van der Waals surface area (Å²) in [5, 5.41) is 15.5. The Kier molecular flexibility index (Phi) is 6.98. The van der Waals surface area contributed by atoms with E-state index in [0.29, 0.717) is 10.7 Å². The van der Waals surface area contributed by atoms with Crippen LogP contribution >= 0.6 is 23.8 Å². The molecule has 0 bridgehead atoms. The van der Waals surface area contributed by atoms with Crippen molar-refractivity contribution in [3.63, 3.8) is 0 Å². The van der Waals surface area contributed by atoms with Gasteiger partial charge in [-0.05, 0) is 68.0 Å². The van der Waals surface area contributed by atoms with Crippen molar-refractivity contribution in [2.24, 2.45) is 0 Å². The van der Waals surface area contributed by atoms with Gasteiger partial charge in [-0.25, -0.2) is 0 Å². The quantitative estimate of drug-likeness (QED) is 0.482. The van der Waals surface area contributed by atoms with Crippen LogP contribution < -0.4 is 5.32 Å². The number of aromatic nitrogens is 2. The highest BCUT2D eigenvalue weighted by Gasteiger charge is 2.41. The van der Waals surface area contributed by atoms with Gasteiger partial charge in [0.05, 0.1) is 36.7 Å². The molecule has 9 heteroatoms. The van der Waals surface area contributed by atoms with Crippen molar-refractivity contribution >= 4 is 28.9 Å². The smallest absolute Gasteiger partial charge is 0.170 e. The Morgan fingerprint density at radius 1 is 1.14 bits per heavy atom. The van der Waals surface area contributed by atoms with E-state index in [1.807, 2.05) is 31.3 Å². The van der Waals surface area contributed by atoms with Gasteiger partial charge in [-0.1, -0.05) is 17.7 Å². The Morgan fingerprint density at radius 3 is 2.69 bits per heavy atom. The minimum absolute atomic E-state index is 0.0419. The lowest BCUT2D eigenvalue weighted by molar-refractivity contribution is 0.0350. The fourth-order valence-corrected chi connectivity index (χ4v) is 5.69. The molecule has 2 aliphatic rings. The number of hydrogen-bond donors (Lipinski definition) is 2. The Labute approximate surface area is 216 Å². The zero-order chi connectivity index (χ0) is 24.5. The zero-order valence-corrected chi connectivity index (χ0v) is 21.5. The fourth-order valence-electron chi connectivity index (χ4n) is 5.19. The van der Waals surface area contributed by atoms with Gasteiger partial charge in [0.15, 0.2) is 5.11 Å². The maximum Gasteiger partial charge on any atom is 0.170 e. The van der Waals surface area contributed by atoms with E-state index in [4.69, 9.17) is 28.6 Å². The number of nitrogens with one attached hydrogen (secondary N) is 1. The molecule has 0 saturated carbocycles. The molecule has 3 aromatic rings. The molecule has 4 heterocycles. The van der Waals surface area contributed by atoms with Crippen LogP contribution in [0.25, 0.3) is 5.69 Å². The highest BCUT2D eigenvalue weighted by molar-refractivity contribution is 7.80. The van der Waals surface area contributed by atoms with E-state index in [1.165, 1.54) is 0 Å². The van der Waals surface area contributed by atoms with E-state index in [0.717, 1.165) is 67.2 Å². The molecule has 2 N–H and O–H groups in total. The zero-order valence-electron chi connectivity index (χ0n) is 19.9. The normalized spacial score (nSPS) is 20.9. The van der Waals surface area contributed by atoms with Crippen molar-refractivity contribution in [2.75, 3.05) is 39.4 Å². The molecular weight excluding hydrogens is 482 g/mol. The first-order chi connectivity index (χ1) is 16.9. The first-order valence-corrected chi connectivity index (χ1v) is 12.7. The molecule has 0 amide bonds. The molecule has 5 rings (SSSR count). The molecule has 1 aromatic carbocycles. The van der Waals surface area contributed by atoms with Crippen LogP contribution in [0.3, 0.4) is 0 Å². The monoisotopic (exact) mass is 511 g/mol. The lowest BCUT2D eigenvalue weighted by Crippen LogP contribution is -2.42. The minimum Gasteiger partial charge on any atom is -0.506 e. The number of morpholine rings is 1. The summed E-state index contributed by atoms with van der Waals surface area (Å²) in [6.07, 6.45) is 1.82. The van der Waals surface area contributed by atoms with Gasteiger partial charge in [-0.2, -0.15) is 0 Å². The summed E-state index contributed by atoms with van der Waals surface area (Å²) >= 11 is 12.1. The van der Waals surface area contributed by atoms with Crippen LogP contribution in [0.2, 0.25) is 5.02 Å². The van der Waals surface area contributed by atoms with Crippen LogP contribution in [-0.2, 0) is 4.74 Å². The highest BCUT2D eigenvalue weighted by Crippen LogP contribution is 2.42. The first kappa shape index (κ1) is 24.1. The van der Waals surface area contributed by atoms with Gasteiger partial charge in [0.2, 0.25) is 0 Å². The van der Waals surface area contributed by atoms with E-state index >= 15 is 0 Å². The number of nitrogens with zero attached hydrogens (tertiary/aromatic N) is 4. The number of phenols is 1. The Morgan fingerprint density at radius 2 is 1.94 bits per heavy atom. The summed E-state index contributed by atoms with van der Waals surface area (Å²) < 4.78 is 7.58. The molecule has 0 radical (unpaired) electrons. The van der Waals surface area contributed by atoms with E-state index in [9.17, 15) is 5.11 Å². The number of ether oxygens (including phenoxy) is 1. The molecular formula is C26H30ClN5O2S. The summed E-state index contributed by atoms with van der Waals surface area (Å²) in [5.41, 5.74) is 4.81. The predicted octanol–water partition coefficient (Wildman–Crippen LogP) is 4.15.